The molecule has 1 aliphatic rings. The number of rotatable bonds is 7. The first kappa shape index (κ1) is 14.5. The van der Waals surface area contributed by atoms with Gasteiger partial charge >= 0.3 is 0 Å². The Balaban J connectivity index is 2.08. The fourth-order valence-corrected chi connectivity index (χ4v) is 2.07. The molecule has 17 heavy (non-hydrogen) atoms. The number of hydrogen-bond acceptors (Lipinski definition) is 3. The molecule has 0 saturated carbocycles. The van der Waals surface area contributed by atoms with Crippen molar-refractivity contribution in [3.05, 3.63) is 0 Å². The molecule has 1 heterocycles. The zero-order chi connectivity index (χ0) is 12.5. The average molecular weight is 243 g/mol. The molecule has 0 aromatic carbocycles. The number of unbranched alkanes of at least 4 members (excludes halogenated alkanes) is 2. The third-order valence-corrected chi connectivity index (χ3v) is 3.34. The van der Waals surface area contributed by atoms with Crippen LogP contribution in [0.25, 0.3) is 0 Å². The van der Waals surface area contributed by atoms with E-state index in [0.29, 0.717) is 12.5 Å². The lowest BCUT2D eigenvalue weighted by Gasteiger charge is -2.31. The van der Waals surface area contributed by atoms with E-state index >= 15 is 0 Å². The molecule has 100 valence electrons. The summed E-state index contributed by atoms with van der Waals surface area (Å²) >= 11 is 0. The minimum absolute atomic E-state index is 0.0953. The topological polar surface area (TPSA) is 49.8 Å². The second kappa shape index (κ2) is 8.48. The summed E-state index contributed by atoms with van der Waals surface area (Å²) in [6.07, 6.45) is 5.20. The maximum atomic E-state index is 11.8. The predicted octanol–water partition coefficient (Wildman–Crippen LogP) is 1.42. The lowest BCUT2D eigenvalue weighted by molar-refractivity contribution is -0.137. The van der Waals surface area contributed by atoms with Crippen LogP contribution in [-0.4, -0.2) is 48.8 Å². The van der Waals surface area contributed by atoms with E-state index in [2.05, 4.69) is 6.92 Å². The van der Waals surface area contributed by atoms with Crippen LogP contribution < -0.4 is 0 Å². The van der Waals surface area contributed by atoms with Gasteiger partial charge in [0.05, 0.1) is 0 Å². The number of piperidine rings is 1. The second-order valence-corrected chi connectivity index (χ2v) is 4.77. The standard InChI is InChI=1S/C13H25NO3/c1-2-3-4-9-17-11-13(16)14-7-5-12(10-15)6-8-14/h12,15H,2-11H2,1H3. The molecule has 0 atom stereocenters. The Labute approximate surface area is 104 Å². The van der Waals surface area contributed by atoms with E-state index in [4.69, 9.17) is 9.84 Å². The molecule has 1 amide bonds. The predicted molar refractivity (Wildman–Crippen MR) is 66.7 cm³/mol. The van der Waals surface area contributed by atoms with Gasteiger partial charge in [-0.2, -0.15) is 0 Å². The van der Waals surface area contributed by atoms with Gasteiger partial charge in [0.15, 0.2) is 0 Å². The number of ether oxygens (including phenoxy) is 1. The Morgan fingerprint density at radius 2 is 2.06 bits per heavy atom. The van der Waals surface area contributed by atoms with Gasteiger partial charge in [0.2, 0.25) is 5.91 Å². The van der Waals surface area contributed by atoms with E-state index in [1.54, 1.807) is 0 Å². The van der Waals surface area contributed by atoms with Gasteiger partial charge in [0.25, 0.3) is 0 Å². The summed E-state index contributed by atoms with van der Waals surface area (Å²) in [6.45, 7) is 4.83. The number of likely N-dealkylation sites (tertiary alicyclic amines) is 1. The molecule has 1 aliphatic heterocycles. The van der Waals surface area contributed by atoms with Crippen molar-refractivity contribution in [1.82, 2.24) is 4.90 Å². The molecular weight excluding hydrogens is 218 g/mol. The van der Waals surface area contributed by atoms with E-state index in [1.807, 2.05) is 4.90 Å². The molecule has 1 N–H and O–H groups in total. The smallest absolute Gasteiger partial charge is 0.248 e. The van der Waals surface area contributed by atoms with Gasteiger partial charge in [0.1, 0.15) is 6.61 Å². The van der Waals surface area contributed by atoms with Crippen LogP contribution in [0.4, 0.5) is 0 Å². The van der Waals surface area contributed by atoms with Gasteiger partial charge in [-0.15, -0.1) is 0 Å². The fourth-order valence-electron chi connectivity index (χ4n) is 2.07. The monoisotopic (exact) mass is 243 g/mol. The lowest BCUT2D eigenvalue weighted by Crippen LogP contribution is -2.41. The lowest BCUT2D eigenvalue weighted by atomic mass is 9.98. The third kappa shape index (κ3) is 5.50. The first-order valence-electron chi connectivity index (χ1n) is 6.74. The van der Waals surface area contributed by atoms with Crippen LogP contribution in [0.2, 0.25) is 0 Å². The number of nitrogens with zero attached hydrogens (tertiary/aromatic N) is 1. The van der Waals surface area contributed by atoms with Crippen molar-refractivity contribution in [2.24, 2.45) is 5.92 Å². The number of carbonyl (C=O) groups is 1. The molecule has 1 fully saturated rings. The van der Waals surface area contributed by atoms with Crippen molar-refractivity contribution in [1.29, 1.82) is 0 Å². The van der Waals surface area contributed by atoms with Crippen molar-refractivity contribution >= 4 is 5.91 Å². The quantitative estimate of drug-likeness (QED) is 0.688. The SMILES string of the molecule is CCCCCOCC(=O)N1CCC(CO)CC1. The molecule has 0 aromatic heterocycles. The van der Waals surface area contributed by atoms with Gasteiger partial charge in [-0.3, -0.25) is 4.79 Å². The van der Waals surface area contributed by atoms with E-state index in [0.717, 1.165) is 38.8 Å². The molecule has 4 nitrogen and oxygen atoms in total. The molecule has 0 unspecified atom stereocenters. The minimum Gasteiger partial charge on any atom is -0.396 e. The van der Waals surface area contributed by atoms with E-state index in [-0.39, 0.29) is 19.1 Å². The summed E-state index contributed by atoms with van der Waals surface area (Å²) in [5, 5.41) is 9.01. The highest BCUT2D eigenvalue weighted by molar-refractivity contribution is 5.77. The average Bonchev–Trinajstić information content (AvgIpc) is 2.38. The number of hydrogen-bond donors (Lipinski definition) is 1. The Kier molecular flexibility index (Phi) is 7.21. The van der Waals surface area contributed by atoms with Crippen molar-refractivity contribution in [3.63, 3.8) is 0 Å². The normalized spacial score (nSPS) is 17.4. The van der Waals surface area contributed by atoms with Gasteiger partial charge in [0, 0.05) is 26.3 Å². The van der Waals surface area contributed by atoms with Gasteiger partial charge in [-0.1, -0.05) is 19.8 Å². The largest absolute Gasteiger partial charge is 0.396 e. The highest BCUT2D eigenvalue weighted by Gasteiger charge is 2.21. The van der Waals surface area contributed by atoms with Gasteiger partial charge in [-0.25, -0.2) is 0 Å². The zero-order valence-corrected chi connectivity index (χ0v) is 10.9. The van der Waals surface area contributed by atoms with E-state index < -0.39 is 0 Å². The summed E-state index contributed by atoms with van der Waals surface area (Å²) in [6, 6.07) is 0. The highest BCUT2D eigenvalue weighted by atomic mass is 16.5. The van der Waals surface area contributed by atoms with Crippen LogP contribution in [0, 0.1) is 5.92 Å². The van der Waals surface area contributed by atoms with Crippen molar-refractivity contribution in [3.8, 4) is 0 Å². The first-order valence-corrected chi connectivity index (χ1v) is 6.74. The van der Waals surface area contributed by atoms with Crippen LogP contribution in [0.15, 0.2) is 0 Å². The summed E-state index contributed by atoms with van der Waals surface area (Å²) in [5.41, 5.74) is 0. The van der Waals surface area contributed by atoms with Crippen molar-refractivity contribution in [2.45, 2.75) is 39.0 Å². The summed E-state index contributed by atoms with van der Waals surface area (Å²) in [5.74, 6) is 0.474. The van der Waals surface area contributed by atoms with Gasteiger partial charge < -0.3 is 14.7 Å². The summed E-state index contributed by atoms with van der Waals surface area (Å²) in [4.78, 5) is 13.6. The molecule has 0 spiro atoms. The van der Waals surface area contributed by atoms with E-state index in [1.165, 1.54) is 6.42 Å². The third-order valence-electron chi connectivity index (χ3n) is 3.34. The highest BCUT2D eigenvalue weighted by Crippen LogP contribution is 2.16. The maximum Gasteiger partial charge on any atom is 0.248 e. The zero-order valence-electron chi connectivity index (χ0n) is 10.9. The summed E-state index contributed by atoms with van der Waals surface area (Å²) < 4.78 is 5.36. The number of carbonyl (C=O) groups excluding carboxylic acids is 1. The van der Waals surface area contributed by atoms with Crippen LogP contribution in [-0.2, 0) is 9.53 Å². The van der Waals surface area contributed by atoms with Crippen LogP contribution in [0.3, 0.4) is 0 Å². The molecular formula is C13H25NO3. The Morgan fingerprint density at radius 1 is 1.35 bits per heavy atom. The maximum absolute atomic E-state index is 11.8. The van der Waals surface area contributed by atoms with Crippen molar-refractivity contribution < 1.29 is 14.6 Å². The van der Waals surface area contributed by atoms with Crippen LogP contribution >= 0.6 is 0 Å². The second-order valence-electron chi connectivity index (χ2n) is 4.77. The molecule has 0 bridgehead atoms. The van der Waals surface area contributed by atoms with Crippen molar-refractivity contribution in [2.75, 3.05) is 32.9 Å². The van der Waals surface area contributed by atoms with E-state index in [9.17, 15) is 4.79 Å². The van der Waals surface area contributed by atoms with Crippen LogP contribution in [0.5, 0.6) is 0 Å². The molecule has 4 heteroatoms. The number of amides is 1. The molecule has 0 aliphatic carbocycles. The number of aliphatic hydroxyl groups is 1. The molecule has 0 radical (unpaired) electrons. The van der Waals surface area contributed by atoms with Crippen LogP contribution in [0.1, 0.15) is 39.0 Å². The Morgan fingerprint density at radius 3 is 2.65 bits per heavy atom. The minimum atomic E-state index is 0.0953. The fraction of sp³-hybridized carbons (Fsp3) is 0.923. The Hall–Kier alpha value is -0.610. The van der Waals surface area contributed by atoms with Gasteiger partial charge in [-0.05, 0) is 25.2 Å². The molecule has 1 saturated heterocycles. The molecule has 0 aromatic rings. The first-order chi connectivity index (χ1) is 8.27. The number of aliphatic hydroxyl groups excluding tert-OH is 1. The molecule has 1 rings (SSSR count). The Bertz CT molecular complexity index is 213. The summed E-state index contributed by atoms with van der Waals surface area (Å²) in [7, 11) is 0.